The minimum Gasteiger partial charge on any atom is -0.390 e. The van der Waals surface area contributed by atoms with Crippen molar-refractivity contribution in [3.63, 3.8) is 0 Å². The predicted octanol–water partition coefficient (Wildman–Crippen LogP) is 5.05. The van der Waals surface area contributed by atoms with E-state index in [1.165, 1.54) is 0 Å². The van der Waals surface area contributed by atoms with Crippen molar-refractivity contribution in [2.45, 2.75) is 44.8 Å². The van der Waals surface area contributed by atoms with E-state index in [1.807, 2.05) is 47.4 Å². The molecule has 2 aliphatic rings. The SMILES string of the molecule is O=C(C1CCCC1)N(Cc1ccccc1)C[C@@H]1CC(c2ccccc2Cl)=NO1. The van der Waals surface area contributed by atoms with Gasteiger partial charge in [-0.1, -0.05) is 78.1 Å². The minimum absolute atomic E-state index is 0.139. The zero-order valence-corrected chi connectivity index (χ0v) is 16.6. The summed E-state index contributed by atoms with van der Waals surface area (Å²) in [5.41, 5.74) is 2.89. The zero-order valence-electron chi connectivity index (χ0n) is 15.9. The van der Waals surface area contributed by atoms with Gasteiger partial charge >= 0.3 is 0 Å². The number of nitrogens with zero attached hydrogens (tertiary/aromatic N) is 2. The summed E-state index contributed by atoms with van der Waals surface area (Å²) in [6, 6.07) is 17.8. The van der Waals surface area contributed by atoms with E-state index >= 15 is 0 Å². The Hall–Kier alpha value is -2.33. The van der Waals surface area contributed by atoms with Crippen LogP contribution in [0.15, 0.2) is 59.8 Å². The highest BCUT2D eigenvalue weighted by molar-refractivity contribution is 6.34. The largest absolute Gasteiger partial charge is 0.390 e. The molecule has 1 atom stereocenters. The number of benzene rings is 2. The van der Waals surface area contributed by atoms with Gasteiger partial charge in [-0.3, -0.25) is 4.79 Å². The van der Waals surface area contributed by atoms with Gasteiger partial charge in [-0.25, -0.2) is 0 Å². The molecular formula is C23H25ClN2O2. The second-order valence-electron chi connectivity index (χ2n) is 7.64. The quantitative estimate of drug-likeness (QED) is 0.685. The minimum atomic E-state index is -0.139. The fourth-order valence-electron chi connectivity index (χ4n) is 4.09. The molecule has 0 N–H and O–H groups in total. The summed E-state index contributed by atoms with van der Waals surface area (Å²) >= 11 is 6.30. The first kappa shape index (κ1) is 19.0. The van der Waals surface area contributed by atoms with Gasteiger partial charge in [-0.15, -0.1) is 0 Å². The van der Waals surface area contributed by atoms with Crippen LogP contribution in [0.5, 0.6) is 0 Å². The lowest BCUT2D eigenvalue weighted by atomic mass is 10.0. The van der Waals surface area contributed by atoms with E-state index in [0.717, 1.165) is 42.5 Å². The number of hydrogen-bond acceptors (Lipinski definition) is 3. The van der Waals surface area contributed by atoms with Crippen LogP contribution in [0.4, 0.5) is 0 Å². The lowest BCUT2D eigenvalue weighted by molar-refractivity contribution is -0.137. The summed E-state index contributed by atoms with van der Waals surface area (Å²) in [7, 11) is 0. The number of carbonyl (C=O) groups is 1. The van der Waals surface area contributed by atoms with Crippen LogP contribution >= 0.6 is 11.6 Å². The predicted molar refractivity (Wildman–Crippen MR) is 111 cm³/mol. The molecule has 1 saturated carbocycles. The van der Waals surface area contributed by atoms with Gasteiger partial charge in [0.15, 0.2) is 6.10 Å². The topological polar surface area (TPSA) is 41.9 Å². The molecule has 0 bridgehead atoms. The maximum absolute atomic E-state index is 13.2. The fourth-order valence-corrected chi connectivity index (χ4v) is 4.34. The summed E-state index contributed by atoms with van der Waals surface area (Å²) in [6.07, 6.45) is 4.81. The van der Waals surface area contributed by atoms with Crippen LogP contribution < -0.4 is 0 Å². The van der Waals surface area contributed by atoms with Crippen molar-refractivity contribution in [1.29, 1.82) is 0 Å². The van der Waals surface area contributed by atoms with E-state index in [4.69, 9.17) is 16.4 Å². The van der Waals surface area contributed by atoms with Crippen molar-refractivity contribution < 1.29 is 9.63 Å². The Balaban J connectivity index is 1.45. The number of rotatable bonds is 6. The molecule has 1 heterocycles. The molecule has 2 aromatic carbocycles. The maximum Gasteiger partial charge on any atom is 0.226 e. The molecule has 0 saturated heterocycles. The molecular weight excluding hydrogens is 372 g/mol. The average Bonchev–Trinajstić information content (AvgIpc) is 3.40. The van der Waals surface area contributed by atoms with E-state index < -0.39 is 0 Å². The maximum atomic E-state index is 13.2. The normalized spacial score (nSPS) is 19.3. The van der Waals surface area contributed by atoms with Gasteiger partial charge in [-0.2, -0.15) is 0 Å². The molecule has 0 aromatic heterocycles. The van der Waals surface area contributed by atoms with Gasteiger partial charge < -0.3 is 9.74 Å². The Kier molecular flexibility index (Phi) is 5.96. The van der Waals surface area contributed by atoms with Crippen molar-refractivity contribution in [2.24, 2.45) is 11.1 Å². The highest BCUT2D eigenvalue weighted by Crippen LogP contribution is 2.29. The van der Waals surface area contributed by atoms with Gasteiger partial charge in [-0.05, 0) is 24.5 Å². The smallest absolute Gasteiger partial charge is 0.226 e. The Morgan fingerprint density at radius 3 is 2.54 bits per heavy atom. The molecule has 4 rings (SSSR count). The van der Waals surface area contributed by atoms with Crippen LogP contribution in [0.3, 0.4) is 0 Å². The number of carbonyl (C=O) groups excluding carboxylic acids is 1. The lowest BCUT2D eigenvalue weighted by Crippen LogP contribution is -2.40. The second kappa shape index (κ2) is 8.78. The average molecular weight is 397 g/mol. The highest BCUT2D eigenvalue weighted by Gasteiger charge is 2.31. The number of amides is 1. The van der Waals surface area contributed by atoms with Gasteiger partial charge in [0.25, 0.3) is 0 Å². The van der Waals surface area contributed by atoms with E-state index in [1.54, 1.807) is 0 Å². The number of oxime groups is 1. The van der Waals surface area contributed by atoms with Crippen LogP contribution in [-0.2, 0) is 16.2 Å². The van der Waals surface area contributed by atoms with Gasteiger partial charge in [0, 0.05) is 29.5 Å². The molecule has 1 aliphatic carbocycles. The van der Waals surface area contributed by atoms with Crippen molar-refractivity contribution in [1.82, 2.24) is 4.90 Å². The van der Waals surface area contributed by atoms with Crippen LogP contribution in [-0.4, -0.2) is 29.2 Å². The van der Waals surface area contributed by atoms with Crippen molar-refractivity contribution >= 4 is 23.2 Å². The van der Waals surface area contributed by atoms with Crippen molar-refractivity contribution in [3.8, 4) is 0 Å². The summed E-state index contributed by atoms with van der Waals surface area (Å²) < 4.78 is 0. The van der Waals surface area contributed by atoms with E-state index in [2.05, 4.69) is 17.3 Å². The van der Waals surface area contributed by atoms with E-state index in [-0.39, 0.29) is 17.9 Å². The Labute approximate surface area is 171 Å². The molecule has 0 unspecified atom stereocenters. The first-order chi connectivity index (χ1) is 13.7. The third kappa shape index (κ3) is 4.39. The summed E-state index contributed by atoms with van der Waals surface area (Å²) in [6.45, 7) is 1.15. The summed E-state index contributed by atoms with van der Waals surface area (Å²) in [5, 5.41) is 4.93. The van der Waals surface area contributed by atoms with Crippen LogP contribution in [0, 0.1) is 5.92 Å². The van der Waals surface area contributed by atoms with Gasteiger partial charge in [0.05, 0.1) is 12.3 Å². The third-order valence-electron chi connectivity index (χ3n) is 5.57. The molecule has 0 radical (unpaired) electrons. The summed E-state index contributed by atoms with van der Waals surface area (Å²) in [4.78, 5) is 20.8. The monoisotopic (exact) mass is 396 g/mol. The van der Waals surface area contributed by atoms with Crippen LogP contribution in [0.25, 0.3) is 0 Å². The summed E-state index contributed by atoms with van der Waals surface area (Å²) in [5.74, 6) is 0.394. The Morgan fingerprint density at radius 2 is 1.79 bits per heavy atom. The number of halogens is 1. The Bertz CT molecular complexity index is 847. The first-order valence-electron chi connectivity index (χ1n) is 10.0. The molecule has 2 aromatic rings. The first-order valence-corrected chi connectivity index (χ1v) is 10.4. The fraction of sp³-hybridized carbons (Fsp3) is 0.391. The number of hydrogen-bond donors (Lipinski definition) is 0. The van der Waals surface area contributed by atoms with E-state index in [9.17, 15) is 4.79 Å². The molecule has 1 fully saturated rings. The van der Waals surface area contributed by atoms with E-state index in [0.29, 0.717) is 24.5 Å². The van der Waals surface area contributed by atoms with Gasteiger partial charge in [0.1, 0.15) is 0 Å². The standard InChI is InChI=1S/C23H25ClN2O2/c24-21-13-7-6-12-20(21)22-14-19(28-25-22)16-26(15-17-8-2-1-3-9-17)23(27)18-10-4-5-11-18/h1-3,6-9,12-13,18-19H,4-5,10-11,14-16H2/t19-/m0/s1. The van der Waals surface area contributed by atoms with Crippen LogP contribution in [0.2, 0.25) is 5.02 Å². The molecule has 28 heavy (non-hydrogen) atoms. The molecule has 4 nitrogen and oxygen atoms in total. The molecule has 146 valence electrons. The zero-order chi connectivity index (χ0) is 19.3. The Morgan fingerprint density at radius 1 is 1.07 bits per heavy atom. The molecule has 0 spiro atoms. The molecule has 1 aliphatic heterocycles. The van der Waals surface area contributed by atoms with Crippen LogP contribution in [0.1, 0.15) is 43.2 Å². The van der Waals surface area contributed by atoms with Crippen molar-refractivity contribution in [2.75, 3.05) is 6.54 Å². The van der Waals surface area contributed by atoms with Crippen molar-refractivity contribution in [3.05, 3.63) is 70.7 Å². The third-order valence-corrected chi connectivity index (χ3v) is 5.90. The lowest BCUT2D eigenvalue weighted by Gasteiger charge is -2.27. The second-order valence-corrected chi connectivity index (χ2v) is 8.04. The molecule has 5 heteroatoms. The van der Waals surface area contributed by atoms with Gasteiger partial charge in [0.2, 0.25) is 5.91 Å². The molecule has 1 amide bonds. The highest BCUT2D eigenvalue weighted by atomic mass is 35.5.